The molecule has 1 N–H and O–H groups in total. The molecule has 0 unspecified atom stereocenters. The van der Waals surface area contributed by atoms with E-state index in [1.807, 2.05) is 0 Å². The molecule has 0 aliphatic carbocycles. The molecular formula is C20H22N2. The normalized spacial score (nSPS) is 17.9. The zero-order valence-electron chi connectivity index (χ0n) is 13.0. The van der Waals surface area contributed by atoms with Gasteiger partial charge in [0, 0.05) is 32.2 Å². The summed E-state index contributed by atoms with van der Waals surface area (Å²) in [7, 11) is 0. The Bertz CT molecular complexity index is 803. The van der Waals surface area contributed by atoms with Crippen molar-refractivity contribution < 1.29 is 0 Å². The van der Waals surface area contributed by atoms with Gasteiger partial charge in [0.1, 0.15) is 0 Å². The zero-order valence-corrected chi connectivity index (χ0v) is 13.0. The molecule has 112 valence electrons. The molecule has 3 aromatic rings. The predicted octanol–water partition coefficient (Wildman–Crippen LogP) is 3.96. The summed E-state index contributed by atoms with van der Waals surface area (Å²) in [5.41, 5.74) is 1.45. The van der Waals surface area contributed by atoms with Gasteiger partial charge in [0.05, 0.1) is 0 Å². The van der Waals surface area contributed by atoms with E-state index < -0.39 is 0 Å². The average Bonchev–Trinajstić information content (AvgIpc) is 2.61. The van der Waals surface area contributed by atoms with E-state index in [1.54, 1.807) is 0 Å². The monoisotopic (exact) mass is 290 g/mol. The number of hydrogen-bond donors (Lipinski definition) is 1. The van der Waals surface area contributed by atoms with Gasteiger partial charge in [-0.05, 0) is 40.1 Å². The van der Waals surface area contributed by atoms with Crippen molar-refractivity contribution in [3.05, 3.63) is 60.2 Å². The van der Waals surface area contributed by atoms with Gasteiger partial charge in [-0.25, -0.2) is 0 Å². The fraction of sp³-hybridized carbons (Fsp3) is 0.300. The summed E-state index contributed by atoms with van der Waals surface area (Å²) in [5.74, 6) is 0. The Labute approximate surface area is 131 Å². The van der Waals surface area contributed by atoms with Crippen LogP contribution in [0.4, 0.5) is 0 Å². The number of benzene rings is 3. The molecule has 1 saturated heterocycles. The van der Waals surface area contributed by atoms with Gasteiger partial charge in [0.15, 0.2) is 0 Å². The molecule has 1 fully saturated rings. The maximum atomic E-state index is 3.45. The van der Waals surface area contributed by atoms with E-state index in [2.05, 4.69) is 71.7 Å². The quantitative estimate of drug-likeness (QED) is 0.719. The van der Waals surface area contributed by atoms with E-state index in [4.69, 9.17) is 0 Å². The molecule has 2 heteroatoms. The third kappa shape index (κ3) is 2.29. The number of nitrogens with zero attached hydrogens (tertiary/aromatic N) is 1. The lowest BCUT2D eigenvalue weighted by atomic mass is 9.93. The van der Waals surface area contributed by atoms with Gasteiger partial charge in [0.2, 0.25) is 0 Å². The number of rotatable bonds is 2. The third-order valence-corrected chi connectivity index (χ3v) is 4.95. The molecule has 0 amide bonds. The minimum atomic E-state index is 0.455. The van der Waals surface area contributed by atoms with E-state index in [0.29, 0.717) is 6.04 Å². The Morgan fingerprint density at radius 1 is 0.864 bits per heavy atom. The molecule has 3 aromatic carbocycles. The second kappa shape index (κ2) is 5.71. The van der Waals surface area contributed by atoms with Crippen LogP contribution >= 0.6 is 0 Å². The lowest BCUT2D eigenvalue weighted by molar-refractivity contribution is 0.186. The largest absolute Gasteiger partial charge is 0.314 e. The zero-order chi connectivity index (χ0) is 14.9. The summed E-state index contributed by atoms with van der Waals surface area (Å²) in [4.78, 5) is 2.59. The summed E-state index contributed by atoms with van der Waals surface area (Å²) in [5, 5.41) is 8.92. The van der Waals surface area contributed by atoms with Crippen LogP contribution in [0.15, 0.2) is 54.6 Å². The summed E-state index contributed by atoms with van der Waals surface area (Å²) in [6.07, 6.45) is 0. The van der Waals surface area contributed by atoms with Gasteiger partial charge in [-0.15, -0.1) is 0 Å². The highest BCUT2D eigenvalue weighted by atomic mass is 15.2. The van der Waals surface area contributed by atoms with Crippen LogP contribution in [0.3, 0.4) is 0 Å². The first-order chi connectivity index (χ1) is 10.8. The van der Waals surface area contributed by atoms with Crippen molar-refractivity contribution >= 4 is 21.5 Å². The maximum Gasteiger partial charge on any atom is 0.0327 e. The maximum absolute atomic E-state index is 3.45. The molecule has 1 heterocycles. The van der Waals surface area contributed by atoms with Gasteiger partial charge in [-0.3, -0.25) is 4.90 Å². The Morgan fingerprint density at radius 2 is 1.50 bits per heavy atom. The molecule has 2 nitrogen and oxygen atoms in total. The highest BCUT2D eigenvalue weighted by Crippen LogP contribution is 2.34. The second-order valence-electron chi connectivity index (χ2n) is 6.19. The first kappa shape index (κ1) is 13.7. The van der Waals surface area contributed by atoms with Crippen molar-refractivity contribution in [2.75, 3.05) is 26.2 Å². The number of fused-ring (bicyclic) bond motifs is 3. The van der Waals surface area contributed by atoms with Gasteiger partial charge in [0.25, 0.3) is 0 Å². The van der Waals surface area contributed by atoms with E-state index in [1.165, 1.54) is 27.1 Å². The summed E-state index contributed by atoms with van der Waals surface area (Å²) < 4.78 is 0. The predicted molar refractivity (Wildman–Crippen MR) is 94.3 cm³/mol. The Morgan fingerprint density at radius 3 is 2.27 bits per heavy atom. The van der Waals surface area contributed by atoms with Crippen LogP contribution in [-0.4, -0.2) is 31.1 Å². The van der Waals surface area contributed by atoms with Gasteiger partial charge < -0.3 is 5.32 Å². The molecule has 0 bridgehead atoms. The molecule has 1 aliphatic heterocycles. The van der Waals surface area contributed by atoms with Crippen LogP contribution in [0, 0.1) is 0 Å². The number of piperazine rings is 1. The van der Waals surface area contributed by atoms with Crippen LogP contribution in [0.1, 0.15) is 18.5 Å². The van der Waals surface area contributed by atoms with Gasteiger partial charge in [-0.1, -0.05) is 48.5 Å². The van der Waals surface area contributed by atoms with E-state index in [0.717, 1.165) is 26.2 Å². The van der Waals surface area contributed by atoms with E-state index in [9.17, 15) is 0 Å². The first-order valence-electron chi connectivity index (χ1n) is 8.20. The van der Waals surface area contributed by atoms with E-state index >= 15 is 0 Å². The van der Waals surface area contributed by atoms with Crippen molar-refractivity contribution in [1.82, 2.24) is 10.2 Å². The summed E-state index contributed by atoms with van der Waals surface area (Å²) in [6, 6.07) is 20.4. The lowest BCUT2D eigenvalue weighted by Gasteiger charge is -2.33. The molecule has 0 aromatic heterocycles. The van der Waals surface area contributed by atoms with Crippen LogP contribution in [0.5, 0.6) is 0 Å². The fourth-order valence-corrected chi connectivity index (χ4v) is 3.69. The molecule has 22 heavy (non-hydrogen) atoms. The highest BCUT2D eigenvalue weighted by molar-refractivity contribution is 6.09. The van der Waals surface area contributed by atoms with Crippen LogP contribution < -0.4 is 5.32 Å². The smallest absolute Gasteiger partial charge is 0.0327 e. The van der Waals surface area contributed by atoms with Crippen LogP contribution in [-0.2, 0) is 0 Å². The first-order valence-corrected chi connectivity index (χ1v) is 8.20. The minimum absolute atomic E-state index is 0.455. The Kier molecular flexibility index (Phi) is 3.57. The van der Waals surface area contributed by atoms with Gasteiger partial charge in [-0.2, -0.15) is 0 Å². The molecule has 4 rings (SSSR count). The lowest BCUT2D eigenvalue weighted by Crippen LogP contribution is -2.44. The topological polar surface area (TPSA) is 15.3 Å². The van der Waals surface area contributed by atoms with Crippen LogP contribution in [0.2, 0.25) is 0 Å². The number of hydrogen-bond acceptors (Lipinski definition) is 2. The third-order valence-electron chi connectivity index (χ3n) is 4.95. The summed E-state index contributed by atoms with van der Waals surface area (Å²) >= 11 is 0. The highest BCUT2D eigenvalue weighted by Gasteiger charge is 2.20. The van der Waals surface area contributed by atoms with Crippen LogP contribution in [0.25, 0.3) is 21.5 Å². The van der Waals surface area contributed by atoms with E-state index in [-0.39, 0.29) is 0 Å². The standard InChI is InChI=1S/C20H22N2/c1-15(22-12-10-21-11-13-22)20-14-16-6-2-3-7-17(16)18-8-4-5-9-19(18)20/h2-9,14-15,21H,10-13H2,1H3/t15-/m0/s1. The second-order valence-corrected chi connectivity index (χ2v) is 6.19. The summed E-state index contributed by atoms with van der Waals surface area (Å²) in [6.45, 7) is 6.79. The fourth-order valence-electron chi connectivity index (χ4n) is 3.69. The molecule has 0 saturated carbocycles. The van der Waals surface area contributed by atoms with Crippen molar-refractivity contribution in [3.8, 4) is 0 Å². The molecule has 0 spiro atoms. The number of nitrogens with one attached hydrogen (secondary N) is 1. The van der Waals surface area contributed by atoms with Crippen molar-refractivity contribution in [2.45, 2.75) is 13.0 Å². The molecule has 1 aliphatic rings. The van der Waals surface area contributed by atoms with Crippen molar-refractivity contribution in [1.29, 1.82) is 0 Å². The Hall–Kier alpha value is -1.90. The SMILES string of the molecule is C[C@@H](c1cc2ccccc2c2ccccc12)N1CCNCC1. The molecule has 1 atom stereocenters. The molecular weight excluding hydrogens is 268 g/mol. The Balaban J connectivity index is 1.91. The van der Waals surface area contributed by atoms with Crippen molar-refractivity contribution in [2.24, 2.45) is 0 Å². The van der Waals surface area contributed by atoms with Gasteiger partial charge >= 0.3 is 0 Å². The van der Waals surface area contributed by atoms with Crippen molar-refractivity contribution in [3.63, 3.8) is 0 Å². The minimum Gasteiger partial charge on any atom is -0.314 e. The average molecular weight is 290 g/mol. The molecule has 0 radical (unpaired) electrons.